The van der Waals surface area contributed by atoms with Gasteiger partial charge in [0.25, 0.3) is 0 Å². The fourth-order valence-electron chi connectivity index (χ4n) is 2.03. The van der Waals surface area contributed by atoms with Crippen LogP contribution in [0, 0.1) is 0 Å². The Labute approximate surface area is 133 Å². The maximum atomic E-state index is 9.96. The van der Waals surface area contributed by atoms with Gasteiger partial charge in [-0.05, 0) is 40.0 Å². The summed E-state index contributed by atoms with van der Waals surface area (Å²) in [5.41, 5.74) is 1.88. The van der Waals surface area contributed by atoms with Gasteiger partial charge in [-0.3, -0.25) is 10.3 Å². The van der Waals surface area contributed by atoms with Crippen LogP contribution >= 0.6 is 15.9 Å². The minimum absolute atomic E-state index is 0.340. The van der Waals surface area contributed by atoms with E-state index >= 15 is 0 Å². The van der Waals surface area contributed by atoms with Crippen LogP contribution in [0.15, 0.2) is 53.1 Å². The molecule has 2 atom stereocenters. The Morgan fingerprint density at radius 3 is 2.48 bits per heavy atom. The highest BCUT2D eigenvalue weighted by atomic mass is 79.9. The summed E-state index contributed by atoms with van der Waals surface area (Å²) in [6.07, 6.45) is 1.43. The summed E-state index contributed by atoms with van der Waals surface area (Å²) in [6, 6.07) is 13.5. The van der Waals surface area contributed by atoms with E-state index in [1.165, 1.54) is 0 Å². The molecule has 1 aromatic heterocycles. The summed E-state index contributed by atoms with van der Waals surface area (Å²) in [5.74, 6) is 0. The third-order valence-corrected chi connectivity index (χ3v) is 3.56. The second-order valence-corrected chi connectivity index (χ2v) is 5.86. The van der Waals surface area contributed by atoms with Crippen LogP contribution in [0.5, 0.6) is 0 Å². The number of hydrogen-bond acceptors (Lipinski definition) is 4. The standard InChI is InChI=1S/C16H19BrN2O2/c17-13-6-7-14(18-10-13)9-16(21)19-11-15(20)8-12-4-2-1-3-5-12/h1-7,10,15-16,19-21H,8-9,11H2. The topological polar surface area (TPSA) is 65.4 Å². The molecule has 112 valence electrons. The smallest absolute Gasteiger partial charge is 0.110 e. The highest BCUT2D eigenvalue weighted by Gasteiger charge is 2.10. The molecule has 2 aromatic rings. The van der Waals surface area contributed by atoms with E-state index in [1.807, 2.05) is 42.5 Å². The number of nitrogens with one attached hydrogen (secondary N) is 1. The van der Waals surface area contributed by atoms with Gasteiger partial charge in [-0.1, -0.05) is 30.3 Å². The highest BCUT2D eigenvalue weighted by Crippen LogP contribution is 2.08. The molecule has 1 aromatic carbocycles. The maximum Gasteiger partial charge on any atom is 0.110 e. The Balaban J connectivity index is 1.73. The summed E-state index contributed by atoms with van der Waals surface area (Å²) in [6.45, 7) is 0.340. The molecule has 0 spiro atoms. The van der Waals surface area contributed by atoms with E-state index in [1.54, 1.807) is 6.20 Å². The molecule has 0 aliphatic heterocycles. The fraction of sp³-hybridized carbons (Fsp3) is 0.312. The van der Waals surface area contributed by atoms with Crippen molar-refractivity contribution in [2.75, 3.05) is 6.54 Å². The molecule has 0 aliphatic carbocycles. The number of halogens is 1. The first-order valence-corrected chi connectivity index (χ1v) is 7.66. The van der Waals surface area contributed by atoms with Crippen molar-refractivity contribution < 1.29 is 10.2 Å². The molecule has 21 heavy (non-hydrogen) atoms. The van der Waals surface area contributed by atoms with E-state index in [-0.39, 0.29) is 0 Å². The van der Waals surface area contributed by atoms with Crippen molar-refractivity contribution in [1.82, 2.24) is 10.3 Å². The van der Waals surface area contributed by atoms with Crippen molar-refractivity contribution in [2.45, 2.75) is 25.2 Å². The number of pyridine rings is 1. The van der Waals surface area contributed by atoms with E-state index in [0.717, 1.165) is 15.7 Å². The average molecular weight is 351 g/mol. The predicted molar refractivity (Wildman–Crippen MR) is 85.8 cm³/mol. The maximum absolute atomic E-state index is 9.96. The van der Waals surface area contributed by atoms with Crippen molar-refractivity contribution in [3.63, 3.8) is 0 Å². The first-order chi connectivity index (χ1) is 10.1. The molecule has 0 saturated carbocycles. The normalized spacial score (nSPS) is 13.9. The monoisotopic (exact) mass is 350 g/mol. The van der Waals surface area contributed by atoms with Gasteiger partial charge in [0.2, 0.25) is 0 Å². The van der Waals surface area contributed by atoms with E-state index in [0.29, 0.717) is 19.4 Å². The predicted octanol–water partition coefficient (Wildman–Crippen LogP) is 1.90. The lowest BCUT2D eigenvalue weighted by atomic mass is 10.1. The van der Waals surface area contributed by atoms with Crippen LogP contribution < -0.4 is 5.32 Å². The van der Waals surface area contributed by atoms with Gasteiger partial charge in [0.1, 0.15) is 6.23 Å². The number of aliphatic hydroxyl groups is 2. The Hall–Kier alpha value is -1.27. The molecule has 0 bridgehead atoms. The zero-order valence-corrected chi connectivity index (χ0v) is 13.2. The molecule has 0 amide bonds. The van der Waals surface area contributed by atoms with Crippen LogP contribution in [0.3, 0.4) is 0 Å². The third kappa shape index (κ3) is 5.93. The molecule has 0 aliphatic rings. The summed E-state index contributed by atoms with van der Waals surface area (Å²) in [4.78, 5) is 4.20. The molecule has 2 rings (SSSR count). The molecule has 0 radical (unpaired) electrons. The molecule has 3 N–H and O–H groups in total. The number of aliphatic hydroxyl groups excluding tert-OH is 2. The second-order valence-electron chi connectivity index (χ2n) is 4.94. The van der Waals surface area contributed by atoms with E-state index in [2.05, 4.69) is 26.2 Å². The molecular formula is C16H19BrN2O2. The number of aromatic nitrogens is 1. The lowest BCUT2D eigenvalue weighted by Crippen LogP contribution is -2.37. The Kier molecular flexibility index (Phi) is 6.32. The van der Waals surface area contributed by atoms with Gasteiger partial charge in [-0.2, -0.15) is 0 Å². The van der Waals surface area contributed by atoms with Crippen molar-refractivity contribution in [1.29, 1.82) is 0 Å². The molecule has 5 heteroatoms. The SMILES string of the molecule is OC(CNC(O)Cc1ccc(Br)cn1)Cc1ccccc1. The van der Waals surface area contributed by atoms with Crippen LogP contribution in [0.1, 0.15) is 11.3 Å². The summed E-state index contributed by atoms with van der Waals surface area (Å²) in [5, 5.41) is 22.8. The van der Waals surface area contributed by atoms with Gasteiger partial charge in [0, 0.05) is 29.3 Å². The average Bonchev–Trinajstić information content (AvgIpc) is 2.49. The van der Waals surface area contributed by atoms with Crippen LogP contribution in [0.2, 0.25) is 0 Å². The van der Waals surface area contributed by atoms with Gasteiger partial charge in [-0.25, -0.2) is 0 Å². The van der Waals surface area contributed by atoms with E-state index in [9.17, 15) is 10.2 Å². The van der Waals surface area contributed by atoms with Crippen molar-refractivity contribution >= 4 is 15.9 Å². The van der Waals surface area contributed by atoms with Crippen LogP contribution in [-0.4, -0.2) is 34.1 Å². The minimum Gasteiger partial charge on any atom is -0.391 e. The van der Waals surface area contributed by atoms with Gasteiger partial charge in [-0.15, -0.1) is 0 Å². The lowest BCUT2D eigenvalue weighted by molar-refractivity contribution is 0.101. The lowest BCUT2D eigenvalue weighted by Gasteiger charge is -2.16. The number of rotatable bonds is 7. The van der Waals surface area contributed by atoms with Crippen molar-refractivity contribution in [3.05, 3.63) is 64.4 Å². The van der Waals surface area contributed by atoms with Crippen LogP contribution in [0.4, 0.5) is 0 Å². The zero-order valence-electron chi connectivity index (χ0n) is 11.6. The van der Waals surface area contributed by atoms with Crippen LogP contribution in [-0.2, 0) is 12.8 Å². The highest BCUT2D eigenvalue weighted by molar-refractivity contribution is 9.10. The largest absolute Gasteiger partial charge is 0.391 e. The Bertz CT molecular complexity index is 534. The molecule has 1 heterocycles. The summed E-state index contributed by atoms with van der Waals surface area (Å²) >= 11 is 3.32. The summed E-state index contributed by atoms with van der Waals surface area (Å²) < 4.78 is 0.909. The quantitative estimate of drug-likeness (QED) is 0.667. The van der Waals surface area contributed by atoms with E-state index in [4.69, 9.17) is 0 Å². The first-order valence-electron chi connectivity index (χ1n) is 6.87. The molecule has 0 fully saturated rings. The molecule has 0 saturated heterocycles. The van der Waals surface area contributed by atoms with Crippen molar-refractivity contribution in [3.8, 4) is 0 Å². The van der Waals surface area contributed by atoms with E-state index < -0.39 is 12.3 Å². The third-order valence-electron chi connectivity index (χ3n) is 3.09. The molecule has 2 unspecified atom stereocenters. The van der Waals surface area contributed by atoms with Gasteiger partial charge in [0.05, 0.1) is 6.10 Å². The number of benzene rings is 1. The number of nitrogens with zero attached hydrogens (tertiary/aromatic N) is 1. The first kappa shape index (κ1) is 16.1. The van der Waals surface area contributed by atoms with Gasteiger partial charge >= 0.3 is 0 Å². The van der Waals surface area contributed by atoms with Gasteiger partial charge in [0.15, 0.2) is 0 Å². The molecule has 4 nitrogen and oxygen atoms in total. The van der Waals surface area contributed by atoms with Gasteiger partial charge < -0.3 is 10.2 Å². The Morgan fingerprint density at radius 1 is 1.05 bits per heavy atom. The number of hydrogen-bond donors (Lipinski definition) is 3. The minimum atomic E-state index is -0.718. The molecular weight excluding hydrogens is 332 g/mol. The Morgan fingerprint density at radius 2 is 1.81 bits per heavy atom. The zero-order chi connectivity index (χ0) is 15.1. The summed E-state index contributed by atoms with van der Waals surface area (Å²) in [7, 11) is 0. The van der Waals surface area contributed by atoms with Crippen LogP contribution in [0.25, 0.3) is 0 Å². The second kappa shape index (κ2) is 8.24. The fourth-order valence-corrected chi connectivity index (χ4v) is 2.26. The van der Waals surface area contributed by atoms with Crippen molar-refractivity contribution in [2.24, 2.45) is 0 Å².